The number of hydrogen-bond acceptors (Lipinski definition) is 5. The lowest BCUT2D eigenvalue weighted by Crippen LogP contribution is -2.52. The number of nitrogens with one attached hydrogen (secondary N) is 1. The number of amides is 2. The summed E-state index contributed by atoms with van der Waals surface area (Å²) in [5.74, 6) is -0.420. The van der Waals surface area contributed by atoms with Crippen LogP contribution in [0.5, 0.6) is 5.75 Å². The molecule has 3 aromatic carbocycles. The quantitative estimate of drug-likeness (QED) is 0.281. The summed E-state index contributed by atoms with van der Waals surface area (Å²) in [7, 11) is -4.17. The molecule has 0 heterocycles. The Bertz CT molecular complexity index is 1430. The van der Waals surface area contributed by atoms with Crippen molar-refractivity contribution in [2.45, 2.75) is 63.1 Å². The van der Waals surface area contributed by atoms with Crippen LogP contribution in [0.2, 0.25) is 0 Å². The summed E-state index contributed by atoms with van der Waals surface area (Å²) in [5.41, 5.74) is 1.06. The molecule has 0 spiro atoms. The maximum absolute atomic E-state index is 14.1. The zero-order valence-corrected chi connectivity index (χ0v) is 25.7. The van der Waals surface area contributed by atoms with Gasteiger partial charge < -0.3 is 15.0 Å². The fourth-order valence-electron chi connectivity index (χ4n) is 4.93. The Labute approximate surface area is 250 Å². The highest BCUT2D eigenvalue weighted by Crippen LogP contribution is 2.33. The molecule has 3 aromatic rings. The van der Waals surface area contributed by atoms with E-state index in [0.717, 1.165) is 40.0 Å². The number of nitrogens with zero attached hydrogens (tertiary/aromatic N) is 2. The molecule has 4 rings (SSSR count). The van der Waals surface area contributed by atoms with Crippen LogP contribution in [0.1, 0.15) is 45.1 Å². The van der Waals surface area contributed by atoms with Crippen LogP contribution < -0.4 is 14.4 Å². The van der Waals surface area contributed by atoms with Gasteiger partial charge in [-0.25, -0.2) is 8.42 Å². The number of rotatable bonds is 12. The van der Waals surface area contributed by atoms with E-state index in [0.29, 0.717) is 12.4 Å². The maximum Gasteiger partial charge on any atom is 0.264 e. The van der Waals surface area contributed by atoms with Gasteiger partial charge in [-0.15, -0.1) is 0 Å². The smallest absolute Gasteiger partial charge is 0.264 e. The van der Waals surface area contributed by atoms with E-state index < -0.39 is 28.5 Å². The van der Waals surface area contributed by atoms with Gasteiger partial charge >= 0.3 is 0 Å². The van der Waals surface area contributed by atoms with Crippen LogP contribution in [0.3, 0.4) is 0 Å². The zero-order chi connectivity index (χ0) is 29.4. The van der Waals surface area contributed by atoms with Gasteiger partial charge in [-0.05, 0) is 68.7 Å². The second-order valence-corrected chi connectivity index (χ2v) is 12.8. The molecule has 1 atom stereocenters. The molecule has 0 aromatic heterocycles. The van der Waals surface area contributed by atoms with Crippen molar-refractivity contribution < 1.29 is 22.7 Å². The molecule has 0 unspecified atom stereocenters. The number of carbonyl (C=O) groups is 2. The van der Waals surface area contributed by atoms with E-state index in [1.54, 1.807) is 49.4 Å². The maximum atomic E-state index is 14.1. The molecular weight excluding hydrogens is 606 g/mol. The third-order valence-electron chi connectivity index (χ3n) is 7.18. The highest BCUT2D eigenvalue weighted by molar-refractivity contribution is 9.10. The molecule has 10 heteroatoms. The fraction of sp³-hybridized carbons (Fsp3) is 0.355. The lowest BCUT2D eigenvalue weighted by atomic mass is 10.1. The summed E-state index contributed by atoms with van der Waals surface area (Å²) in [6.45, 7) is 3.43. The molecule has 41 heavy (non-hydrogen) atoms. The molecule has 0 aliphatic heterocycles. The first-order valence-corrected chi connectivity index (χ1v) is 16.1. The summed E-state index contributed by atoms with van der Waals surface area (Å²) < 4.78 is 35.7. The lowest BCUT2D eigenvalue weighted by Gasteiger charge is -2.33. The van der Waals surface area contributed by atoms with E-state index in [2.05, 4.69) is 21.2 Å². The van der Waals surface area contributed by atoms with E-state index in [9.17, 15) is 18.0 Å². The standard InChI is InChI=1S/C31H36BrN3O5S/c1-3-40-29-16-10-9-15-28(29)35(41(38,39)27-13-5-4-6-14-27)22-30(36)34(21-24-17-19-25(32)20-18-24)23(2)31(37)33-26-11-7-8-12-26/h4-6,9-10,13-20,23,26H,3,7-8,11-12,21-22H2,1-2H3,(H,33,37)/t23-/m1/s1. The molecule has 1 N–H and O–H groups in total. The van der Waals surface area contributed by atoms with Crippen molar-refractivity contribution >= 4 is 43.5 Å². The van der Waals surface area contributed by atoms with Crippen molar-refractivity contribution in [1.82, 2.24) is 10.2 Å². The number of hydrogen-bond donors (Lipinski definition) is 1. The Hall–Kier alpha value is -3.37. The molecule has 8 nitrogen and oxygen atoms in total. The Morgan fingerprint density at radius 1 is 0.976 bits per heavy atom. The summed E-state index contributed by atoms with van der Waals surface area (Å²) in [6, 6.07) is 21.5. The Kier molecular flexibility index (Phi) is 10.4. The summed E-state index contributed by atoms with van der Waals surface area (Å²) >= 11 is 3.43. The molecule has 218 valence electrons. The predicted octanol–water partition coefficient (Wildman–Crippen LogP) is 5.52. The molecule has 2 amide bonds. The second kappa shape index (κ2) is 14.0. The Balaban J connectivity index is 1.71. The molecule has 1 aliphatic carbocycles. The average Bonchev–Trinajstić information content (AvgIpc) is 3.49. The number of ether oxygens (including phenoxy) is 1. The third-order valence-corrected chi connectivity index (χ3v) is 9.48. The lowest BCUT2D eigenvalue weighted by molar-refractivity contribution is -0.139. The zero-order valence-electron chi connectivity index (χ0n) is 23.3. The Morgan fingerprint density at radius 2 is 1.61 bits per heavy atom. The van der Waals surface area contributed by atoms with Crippen LogP contribution in [0.4, 0.5) is 5.69 Å². The number of sulfonamides is 1. The summed E-state index contributed by atoms with van der Waals surface area (Å²) in [6.07, 6.45) is 3.95. The van der Waals surface area contributed by atoms with Crippen LogP contribution in [-0.2, 0) is 26.2 Å². The van der Waals surface area contributed by atoms with Gasteiger partial charge in [-0.3, -0.25) is 13.9 Å². The van der Waals surface area contributed by atoms with E-state index >= 15 is 0 Å². The van der Waals surface area contributed by atoms with Crippen LogP contribution in [0.15, 0.2) is 88.2 Å². The van der Waals surface area contributed by atoms with Crippen molar-refractivity contribution in [3.8, 4) is 5.75 Å². The van der Waals surface area contributed by atoms with Crippen LogP contribution in [0, 0.1) is 0 Å². The predicted molar refractivity (Wildman–Crippen MR) is 163 cm³/mol. The average molecular weight is 643 g/mol. The van der Waals surface area contributed by atoms with E-state index in [1.807, 2.05) is 31.2 Å². The highest BCUT2D eigenvalue weighted by atomic mass is 79.9. The van der Waals surface area contributed by atoms with Crippen molar-refractivity contribution in [3.05, 3.63) is 88.9 Å². The van der Waals surface area contributed by atoms with Crippen molar-refractivity contribution in [3.63, 3.8) is 0 Å². The van der Waals surface area contributed by atoms with Gasteiger partial charge in [0, 0.05) is 17.1 Å². The molecule has 1 aliphatic rings. The minimum atomic E-state index is -4.17. The van der Waals surface area contributed by atoms with Gasteiger partial charge in [0.25, 0.3) is 10.0 Å². The van der Waals surface area contributed by atoms with Gasteiger partial charge in [0.05, 0.1) is 17.2 Å². The monoisotopic (exact) mass is 641 g/mol. The first kappa shape index (κ1) is 30.6. The minimum absolute atomic E-state index is 0.0468. The second-order valence-electron chi connectivity index (χ2n) is 10.0. The highest BCUT2D eigenvalue weighted by Gasteiger charge is 2.34. The number of anilines is 1. The van der Waals surface area contributed by atoms with Gasteiger partial charge in [0.15, 0.2) is 0 Å². The van der Waals surface area contributed by atoms with Gasteiger partial charge in [0.2, 0.25) is 11.8 Å². The van der Waals surface area contributed by atoms with E-state index in [4.69, 9.17) is 4.74 Å². The first-order valence-electron chi connectivity index (χ1n) is 13.8. The first-order chi connectivity index (χ1) is 19.7. The van der Waals surface area contributed by atoms with Crippen molar-refractivity contribution in [2.75, 3.05) is 17.5 Å². The number of para-hydroxylation sites is 2. The SMILES string of the molecule is CCOc1ccccc1N(CC(=O)N(Cc1ccc(Br)cc1)[C@H](C)C(=O)NC1CCCC1)S(=O)(=O)c1ccccc1. The van der Waals surface area contributed by atoms with Gasteiger partial charge in [0.1, 0.15) is 18.3 Å². The molecule has 1 saturated carbocycles. The van der Waals surface area contributed by atoms with E-state index in [-0.39, 0.29) is 29.1 Å². The summed E-state index contributed by atoms with van der Waals surface area (Å²) in [5, 5.41) is 3.08. The Morgan fingerprint density at radius 3 is 2.27 bits per heavy atom. The fourth-order valence-corrected chi connectivity index (χ4v) is 6.64. The normalized spacial score (nSPS) is 14.3. The summed E-state index contributed by atoms with van der Waals surface area (Å²) in [4.78, 5) is 29.0. The van der Waals surface area contributed by atoms with Crippen LogP contribution >= 0.6 is 15.9 Å². The van der Waals surface area contributed by atoms with Gasteiger partial charge in [-0.2, -0.15) is 0 Å². The molecule has 0 bridgehead atoms. The number of carbonyl (C=O) groups excluding carboxylic acids is 2. The van der Waals surface area contributed by atoms with Crippen LogP contribution in [0.25, 0.3) is 0 Å². The largest absolute Gasteiger partial charge is 0.492 e. The van der Waals surface area contributed by atoms with Crippen molar-refractivity contribution in [1.29, 1.82) is 0 Å². The van der Waals surface area contributed by atoms with Gasteiger partial charge in [-0.1, -0.05) is 71.2 Å². The van der Waals surface area contributed by atoms with E-state index in [1.165, 1.54) is 17.0 Å². The number of benzene rings is 3. The molecule has 1 fully saturated rings. The van der Waals surface area contributed by atoms with Crippen molar-refractivity contribution in [2.24, 2.45) is 0 Å². The molecular formula is C31H36BrN3O5S. The molecule has 0 saturated heterocycles. The van der Waals surface area contributed by atoms with Crippen LogP contribution in [-0.4, -0.2) is 50.4 Å². The minimum Gasteiger partial charge on any atom is -0.492 e. The topological polar surface area (TPSA) is 96.0 Å². The third kappa shape index (κ3) is 7.68. The molecule has 0 radical (unpaired) electrons. The number of halogens is 1.